The lowest BCUT2D eigenvalue weighted by Gasteiger charge is -2.01. The topological polar surface area (TPSA) is 33.3 Å². The van der Waals surface area contributed by atoms with Gasteiger partial charge >= 0.3 is 0 Å². The van der Waals surface area contributed by atoms with Crippen molar-refractivity contribution in [2.75, 3.05) is 6.61 Å². The fraction of sp³-hybridized carbons (Fsp3) is 0.154. The molecule has 0 saturated carbocycles. The summed E-state index contributed by atoms with van der Waals surface area (Å²) in [5.74, 6) is 0.266. The van der Waals surface area contributed by atoms with Crippen LogP contribution in [-0.4, -0.2) is 11.7 Å². The molecule has 0 fully saturated rings. The molecule has 1 aromatic carbocycles. The van der Waals surface area contributed by atoms with Gasteiger partial charge in [-0.3, -0.25) is 4.84 Å². The van der Waals surface area contributed by atoms with Crippen LogP contribution in [0.15, 0.2) is 48.7 Å². The first-order chi connectivity index (χ1) is 7.81. The lowest BCUT2D eigenvalue weighted by Crippen LogP contribution is -2.44. The average molecular weight is 216 g/mol. The van der Waals surface area contributed by atoms with Crippen LogP contribution in [0.25, 0.3) is 11.3 Å². The number of hydrogen-bond donors (Lipinski definition) is 1. The van der Waals surface area contributed by atoms with E-state index in [1.165, 1.54) is 0 Å². The molecule has 0 spiro atoms. The monoisotopic (exact) mass is 216 g/mol. The molecular weight excluding hydrogens is 202 g/mol. The minimum absolute atomic E-state index is 0.266. The van der Waals surface area contributed by atoms with Crippen molar-refractivity contribution in [2.24, 2.45) is 0 Å². The second kappa shape index (κ2) is 4.66. The van der Waals surface area contributed by atoms with Gasteiger partial charge in [0.25, 0.3) is 5.69 Å². The molecule has 1 heterocycles. The Bertz CT molecular complexity index is 466. The van der Waals surface area contributed by atoms with Crippen LogP contribution in [0.3, 0.4) is 0 Å². The second-order valence-corrected chi connectivity index (χ2v) is 3.38. The molecule has 2 rings (SSSR count). The summed E-state index contributed by atoms with van der Waals surface area (Å²) >= 11 is 0. The molecule has 0 aliphatic carbocycles. The lowest BCUT2D eigenvalue weighted by molar-refractivity contribution is -0.882. The second-order valence-electron chi connectivity index (χ2n) is 3.38. The van der Waals surface area contributed by atoms with E-state index in [0.717, 1.165) is 11.3 Å². The Morgan fingerprint density at radius 1 is 1.12 bits per heavy atom. The summed E-state index contributed by atoms with van der Waals surface area (Å²) in [7, 11) is 0. The summed E-state index contributed by atoms with van der Waals surface area (Å²) < 4.78 is 1.73. The van der Waals surface area contributed by atoms with E-state index in [-0.39, 0.29) is 5.75 Å². The van der Waals surface area contributed by atoms with E-state index < -0.39 is 0 Å². The molecule has 0 aliphatic heterocycles. The normalized spacial score (nSPS) is 10.1. The Balaban J connectivity index is 2.42. The van der Waals surface area contributed by atoms with Crippen LogP contribution in [-0.2, 0) is 0 Å². The first-order valence-electron chi connectivity index (χ1n) is 5.24. The van der Waals surface area contributed by atoms with Crippen LogP contribution in [0.4, 0.5) is 0 Å². The first-order valence-corrected chi connectivity index (χ1v) is 5.24. The molecule has 0 amide bonds. The van der Waals surface area contributed by atoms with Gasteiger partial charge in [-0.1, -0.05) is 0 Å². The summed E-state index contributed by atoms with van der Waals surface area (Å²) in [6.45, 7) is 2.56. The third-order valence-corrected chi connectivity index (χ3v) is 2.26. The largest absolute Gasteiger partial charge is 0.508 e. The highest BCUT2D eigenvalue weighted by atomic mass is 16.7. The Morgan fingerprint density at radius 2 is 1.88 bits per heavy atom. The minimum atomic E-state index is 0.266. The highest BCUT2D eigenvalue weighted by Gasteiger charge is 2.13. The van der Waals surface area contributed by atoms with E-state index in [0.29, 0.717) is 6.61 Å². The molecule has 1 aromatic heterocycles. The van der Waals surface area contributed by atoms with Gasteiger partial charge in [-0.15, -0.1) is 0 Å². The predicted molar refractivity (Wildman–Crippen MR) is 60.9 cm³/mol. The number of pyridine rings is 1. The van der Waals surface area contributed by atoms with Crippen molar-refractivity contribution in [3.63, 3.8) is 0 Å². The molecular formula is C13H14NO2+. The third kappa shape index (κ3) is 2.14. The molecule has 0 bridgehead atoms. The van der Waals surface area contributed by atoms with E-state index >= 15 is 0 Å². The Hall–Kier alpha value is -2.03. The highest BCUT2D eigenvalue weighted by molar-refractivity contribution is 5.56. The van der Waals surface area contributed by atoms with Gasteiger partial charge in [0.1, 0.15) is 5.75 Å². The van der Waals surface area contributed by atoms with Crippen LogP contribution in [0.5, 0.6) is 5.75 Å². The standard InChI is InChI=1S/C13H13NO2/c1-2-16-14-10-4-3-5-13(14)11-6-8-12(15)9-7-11/h3-10H,2H2,1H3/p+1. The van der Waals surface area contributed by atoms with Crippen molar-refractivity contribution in [3.05, 3.63) is 48.7 Å². The Kier molecular flexibility index (Phi) is 3.05. The van der Waals surface area contributed by atoms with E-state index in [9.17, 15) is 5.11 Å². The number of aromatic nitrogens is 1. The minimum Gasteiger partial charge on any atom is -0.508 e. The van der Waals surface area contributed by atoms with Crippen LogP contribution in [0.2, 0.25) is 0 Å². The van der Waals surface area contributed by atoms with Crippen LogP contribution in [0, 0.1) is 0 Å². The number of phenols is 1. The SMILES string of the molecule is CCO[n+]1ccccc1-c1ccc(O)cc1. The van der Waals surface area contributed by atoms with Gasteiger partial charge in [0.2, 0.25) is 6.20 Å². The fourth-order valence-electron chi connectivity index (χ4n) is 1.54. The van der Waals surface area contributed by atoms with Gasteiger partial charge < -0.3 is 5.11 Å². The molecule has 2 aromatic rings. The molecule has 16 heavy (non-hydrogen) atoms. The summed E-state index contributed by atoms with van der Waals surface area (Å²) in [4.78, 5) is 5.48. The van der Waals surface area contributed by atoms with E-state index in [4.69, 9.17) is 4.84 Å². The number of rotatable bonds is 3. The molecule has 0 saturated heterocycles. The van der Waals surface area contributed by atoms with Gasteiger partial charge in [0.15, 0.2) is 6.61 Å². The smallest absolute Gasteiger partial charge is 0.264 e. The Labute approximate surface area is 94.5 Å². The zero-order chi connectivity index (χ0) is 11.4. The number of aromatic hydroxyl groups is 1. The number of nitrogens with zero attached hydrogens (tertiary/aromatic N) is 1. The zero-order valence-corrected chi connectivity index (χ0v) is 9.13. The van der Waals surface area contributed by atoms with Crippen molar-refractivity contribution in [1.82, 2.24) is 0 Å². The van der Waals surface area contributed by atoms with Gasteiger partial charge in [0.05, 0.1) is 5.56 Å². The van der Waals surface area contributed by atoms with Crippen LogP contribution < -0.4 is 9.57 Å². The molecule has 3 nitrogen and oxygen atoms in total. The average Bonchev–Trinajstić information content (AvgIpc) is 2.32. The van der Waals surface area contributed by atoms with Crippen molar-refractivity contribution in [1.29, 1.82) is 0 Å². The maximum absolute atomic E-state index is 9.24. The molecule has 0 aliphatic rings. The quantitative estimate of drug-likeness (QED) is 0.794. The highest BCUT2D eigenvalue weighted by Crippen LogP contribution is 2.18. The van der Waals surface area contributed by atoms with Crippen molar-refractivity contribution < 1.29 is 14.7 Å². The summed E-state index contributed by atoms with van der Waals surface area (Å²) in [5, 5.41) is 9.24. The fourth-order valence-corrected chi connectivity index (χ4v) is 1.54. The van der Waals surface area contributed by atoms with E-state index in [2.05, 4.69) is 0 Å². The van der Waals surface area contributed by atoms with Gasteiger partial charge in [-0.25, -0.2) is 0 Å². The number of benzene rings is 1. The first kappa shape index (κ1) is 10.5. The van der Waals surface area contributed by atoms with E-state index in [1.807, 2.05) is 43.5 Å². The maximum atomic E-state index is 9.24. The summed E-state index contributed by atoms with van der Waals surface area (Å²) in [6, 6.07) is 12.9. The lowest BCUT2D eigenvalue weighted by atomic mass is 10.1. The van der Waals surface area contributed by atoms with Gasteiger partial charge in [-0.2, -0.15) is 0 Å². The van der Waals surface area contributed by atoms with Crippen molar-refractivity contribution in [3.8, 4) is 17.0 Å². The number of phenolic OH excluding ortho intramolecular Hbond substituents is 1. The van der Waals surface area contributed by atoms with Crippen molar-refractivity contribution in [2.45, 2.75) is 6.92 Å². The molecule has 0 radical (unpaired) electrons. The maximum Gasteiger partial charge on any atom is 0.264 e. The third-order valence-electron chi connectivity index (χ3n) is 2.26. The van der Waals surface area contributed by atoms with Crippen LogP contribution in [0.1, 0.15) is 6.92 Å². The Morgan fingerprint density at radius 3 is 2.56 bits per heavy atom. The van der Waals surface area contributed by atoms with Gasteiger partial charge in [0, 0.05) is 16.9 Å². The molecule has 1 N–H and O–H groups in total. The molecule has 0 atom stereocenters. The number of hydrogen-bond acceptors (Lipinski definition) is 2. The van der Waals surface area contributed by atoms with Crippen molar-refractivity contribution >= 4 is 0 Å². The zero-order valence-electron chi connectivity index (χ0n) is 9.13. The van der Waals surface area contributed by atoms with Crippen LogP contribution >= 0.6 is 0 Å². The molecule has 82 valence electrons. The molecule has 0 unspecified atom stereocenters. The summed E-state index contributed by atoms with van der Waals surface area (Å²) in [5.41, 5.74) is 1.97. The predicted octanol–water partition coefficient (Wildman–Crippen LogP) is 1.80. The van der Waals surface area contributed by atoms with E-state index in [1.54, 1.807) is 16.9 Å². The summed E-state index contributed by atoms with van der Waals surface area (Å²) in [6.07, 6.45) is 1.87. The van der Waals surface area contributed by atoms with Gasteiger partial charge in [-0.05, 0) is 37.3 Å². The molecule has 3 heteroatoms.